The summed E-state index contributed by atoms with van der Waals surface area (Å²) < 4.78 is 7.79. The van der Waals surface area contributed by atoms with Crippen molar-refractivity contribution in [3.63, 3.8) is 0 Å². The quantitative estimate of drug-likeness (QED) is 0.755. The summed E-state index contributed by atoms with van der Waals surface area (Å²) in [5.41, 5.74) is 1.77. The zero-order valence-electron chi connectivity index (χ0n) is 14.4. The van der Waals surface area contributed by atoms with Crippen LogP contribution in [0.25, 0.3) is 11.2 Å². The van der Waals surface area contributed by atoms with Crippen LogP contribution in [0, 0.1) is 0 Å². The SMILES string of the molecule is CN1CCN(Cc2nc3cccnc3n2Cc2ccc(CO)o2)CC1. The van der Waals surface area contributed by atoms with Gasteiger partial charge in [0, 0.05) is 32.4 Å². The summed E-state index contributed by atoms with van der Waals surface area (Å²) in [5, 5.41) is 9.21. The fourth-order valence-electron chi connectivity index (χ4n) is 3.25. The number of hydrogen-bond donors (Lipinski definition) is 1. The zero-order valence-corrected chi connectivity index (χ0v) is 14.4. The second-order valence-corrected chi connectivity index (χ2v) is 6.57. The van der Waals surface area contributed by atoms with Crippen LogP contribution >= 0.6 is 0 Å². The van der Waals surface area contributed by atoms with Gasteiger partial charge in [-0.3, -0.25) is 4.90 Å². The van der Waals surface area contributed by atoms with Crippen LogP contribution in [0.1, 0.15) is 17.3 Å². The number of nitrogens with zero attached hydrogens (tertiary/aromatic N) is 5. The van der Waals surface area contributed by atoms with Crippen LogP contribution in [0.15, 0.2) is 34.9 Å². The molecule has 3 aromatic rings. The molecule has 0 unspecified atom stereocenters. The Balaban J connectivity index is 1.63. The third-order valence-corrected chi connectivity index (χ3v) is 4.73. The minimum atomic E-state index is -0.0862. The number of aromatic nitrogens is 3. The lowest BCUT2D eigenvalue weighted by Gasteiger charge is -2.32. The molecule has 1 aliphatic heterocycles. The summed E-state index contributed by atoms with van der Waals surface area (Å²) in [4.78, 5) is 14.1. The molecule has 0 amide bonds. The Morgan fingerprint density at radius 1 is 1.08 bits per heavy atom. The van der Waals surface area contributed by atoms with Crippen LogP contribution in [0.4, 0.5) is 0 Å². The molecular weight excluding hydrogens is 318 g/mol. The molecule has 1 N–H and O–H groups in total. The van der Waals surface area contributed by atoms with Crippen LogP contribution in [-0.4, -0.2) is 62.7 Å². The molecule has 1 saturated heterocycles. The van der Waals surface area contributed by atoms with Gasteiger partial charge in [-0.2, -0.15) is 0 Å². The summed E-state index contributed by atoms with van der Waals surface area (Å²) in [6.07, 6.45) is 1.79. The topological polar surface area (TPSA) is 70.6 Å². The zero-order chi connectivity index (χ0) is 17.2. The minimum Gasteiger partial charge on any atom is -0.462 e. The van der Waals surface area contributed by atoms with Crippen molar-refractivity contribution in [3.8, 4) is 0 Å². The molecule has 4 rings (SSSR count). The number of rotatable bonds is 5. The Kier molecular flexibility index (Phi) is 4.52. The van der Waals surface area contributed by atoms with E-state index in [4.69, 9.17) is 9.40 Å². The second kappa shape index (κ2) is 6.95. The maximum absolute atomic E-state index is 9.21. The molecule has 4 heterocycles. The predicted octanol–water partition coefficient (Wildman–Crippen LogP) is 1.31. The van der Waals surface area contributed by atoms with E-state index in [0.717, 1.165) is 55.5 Å². The smallest absolute Gasteiger partial charge is 0.160 e. The maximum atomic E-state index is 9.21. The number of likely N-dealkylation sites (N-methyl/N-ethyl adjacent to an activating group) is 1. The summed E-state index contributed by atoms with van der Waals surface area (Å²) in [5.74, 6) is 2.38. The highest BCUT2D eigenvalue weighted by Crippen LogP contribution is 2.19. The van der Waals surface area contributed by atoms with Crippen molar-refractivity contribution < 1.29 is 9.52 Å². The van der Waals surface area contributed by atoms with Gasteiger partial charge < -0.3 is 19.0 Å². The van der Waals surface area contributed by atoms with Gasteiger partial charge in [0.2, 0.25) is 0 Å². The van der Waals surface area contributed by atoms with Crippen LogP contribution in [0.5, 0.6) is 0 Å². The van der Waals surface area contributed by atoms with E-state index in [1.54, 1.807) is 6.20 Å². The Labute approximate surface area is 146 Å². The fraction of sp³-hybridized carbons (Fsp3) is 0.444. The molecule has 0 aliphatic carbocycles. The van der Waals surface area contributed by atoms with E-state index in [1.165, 1.54) is 0 Å². The standard InChI is InChI=1S/C18H23N5O2/c1-21-7-9-22(10-8-21)12-17-20-16-3-2-6-19-18(16)23(17)11-14-4-5-15(13-24)25-14/h2-6,24H,7-13H2,1H3. The van der Waals surface area contributed by atoms with Gasteiger partial charge in [0.25, 0.3) is 0 Å². The number of aliphatic hydroxyl groups excluding tert-OH is 1. The summed E-state index contributed by atoms with van der Waals surface area (Å²) in [6, 6.07) is 7.62. The first kappa shape index (κ1) is 16.3. The Hall–Kier alpha value is -2.22. The molecule has 7 nitrogen and oxygen atoms in total. The van der Waals surface area contributed by atoms with E-state index in [1.807, 2.05) is 24.3 Å². The van der Waals surface area contributed by atoms with Gasteiger partial charge in [-0.05, 0) is 31.3 Å². The maximum Gasteiger partial charge on any atom is 0.160 e. The van der Waals surface area contributed by atoms with Crippen molar-refractivity contribution >= 4 is 11.2 Å². The average Bonchev–Trinajstić information content (AvgIpc) is 3.22. The molecular formula is C18H23N5O2. The van der Waals surface area contributed by atoms with Gasteiger partial charge in [-0.25, -0.2) is 9.97 Å². The lowest BCUT2D eigenvalue weighted by molar-refractivity contribution is 0.144. The van der Waals surface area contributed by atoms with Gasteiger partial charge in [-0.1, -0.05) is 0 Å². The summed E-state index contributed by atoms with van der Waals surface area (Å²) >= 11 is 0. The van der Waals surface area contributed by atoms with Gasteiger partial charge in [0.15, 0.2) is 5.65 Å². The Bertz CT molecular complexity index is 848. The summed E-state index contributed by atoms with van der Waals surface area (Å²) in [7, 11) is 2.16. The molecule has 25 heavy (non-hydrogen) atoms. The second-order valence-electron chi connectivity index (χ2n) is 6.57. The third-order valence-electron chi connectivity index (χ3n) is 4.73. The van der Waals surface area contributed by atoms with E-state index < -0.39 is 0 Å². The number of piperazine rings is 1. The first-order chi connectivity index (χ1) is 12.2. The van der Waals surface area contributed by atoms with E-state index >= 15 is 0 Å². The molecule has 0 saturated carbocycles. The highest BCUT2D eigenvalue weighted by atomic mass is 16.4. The lowest BCUT2D eigenvalue weighted by Crippen LogP contribution is -2.44. The van der Waals surface area contributed by atoms with Crippen molar-refractivity contribution in [2.75, 3.05) is 33.2 Å². The van der Waals surface area contributed by atoms with Crippen molar-refractivity contribution in [2.24, 2.45) is 0 Å². The van der Waals surface area contributed by atoms with E-state index in [9.17, 15) is 5.11 Å². The Morgan fingerprint density at radius 2 is 1.88 bits per heavy atom. The highest BCUT2D eigenvalue weighted by Gasteiger charge is 2.19. The molecule has 0 spiro atoms. The molecule has 0 radical (unpaired) electrons. The van der Waals surface area contributed by atoms with Crippen molar-refractivity contribution in [1.82, 2.24) is 24.3 Å². The number of furan rings is 1. The molecule has 1 fully saturated rings. The van der Waals surface area contributed by atoms with Crippen molar-refractivity contribution in [1.29, 1.82) is 0 Å². The number of hydrogen-bond acceptors (Lipinski definition) is 6. The Morgan fingerprint density at radius 3 is 2.64 bits per heavy atom. The number of aliphatic hydroxyl groups is 1. The number of imidazole rings is 1. The molecule has 0 bridgehead atoms. The monoisotopic (exact) mass is 341 g/mol. The van der Waals surface area contributed by atoms with E-state index in [-0.39, 0.29) is 6.61 Å². The van der Waals surface area contributed by atoms with Crippen LogP contribution in [-0.2, 0) is 19.7 Å². The molecule has 7 heteroatoms. The molecule has 1 aliphatic rings. The third kappa shape index (κ3) is 3.44. The van der Waals surface area contributed by atoms with Crippen molar-refractivity contribution in [3.05, 3.63) is 47.8 Å². The van der Waals surface area contributed by atoms with Gasteiger partial charge in [0.1, 0.15) is 29.5 Å². The van der Waals surface area contributed by atoms with Crippen molar-refractivity contribution in [2.45, 2.75) is 19.7 Å². The lowest BCUT2D eigenvalue weighted by atomic mass is 10.3. The fourth-order valence-corrected chi connectivity index (χ4v) is 3.25. The van der Waals surface area contributed by atoms with E-state index in [2.05, 4.69) is 26.4 Å². The first-order valence-electron chi connectivity index (χ1n) is 8.62. The summed E-state index contributed by atoms with van der Waals surface area (Å²) in [6.45, 7) is 5.53. The molecule has 132 valence electrons. The van der Waals surface area contributed by atoms with Gasteiger partial charge >= 0.3 is 0 Å². The van der Waals surface area contributed by atoms with Gasteiger partial charge in [-0.15, -0.1) is 0 Å². The van der Waals surface area contributed by atoms with Crippen LogP contribution in [0.2, 0.25) is 0 Å². The van der Waals surface area contributed by atoms with E-state index in [0.29, 0.717) is 12.3 Å². The molecule has 0 atom stereocenters. The normalized spacial score (nSPS) is 16.7. The predicted molar refractivity (Wildman–Crippen MR) is 94.0 cm³/mol. The van der Waals surface area contributed by atoms with Crippen LogP contribution < -0.4 is 0 Å². The highest BCUT2D eigenvalue weighted by molar-refractivity contribution is 5.71. The molecule has 0 aromatic carbocycles. The average molecular weight is 341 g/mol. The largest absolute Gasteiger partial charge is 0.462 e. The van der Waals surface area contributed by atoms with Crippen LogP contribution in [0.3, 0.4) is 0 Å². The minimum absolute atomic E-state index is 0.0862. The first-order valence-corrected chi connectivity index (χ1v) is 8.62. The molecule has 3 aromatic heterocycles. The number of fused-ring (bicyclic) bond motifs is 1. The van der Waals surface area contributed by atoms with Gasteiger partial charge in [0.05, 0.1) is 13.1 Å². The number of pyridine rings is 1.